The summed E-state index contributed by atoms with van der Waals surface area (Å²) >= 11 is 1.78. The fraction of sp³-hybridized carbons (Fsp3) is 0.0909. The average molecular weight is 252 g/mol. The molecule has 0 aliphatic carbocycles. The van der Waals surface area contributed by atoms with Gasteiger partial charge >= 0.3 is 0 Å². The van der Waals surface area contributed by atoms with E-state index in [1.54, 1.807) is 18.0 Å². The van der Waals surface area contributed by atoms with Crippen molar-refractivity contribution in [2.75, 3.05) is 5.88 Å². The van der Waals surface area contributed by atoms with Crippen LogP contribution in [0.5, 0.6) is 0 Å². The molecule has 3 rings (SSSR count). The van der Waals surface area contributed by atoms with Crippen molar-refractivity contribution < 1.29 is 0 Å². The summed E-state index contributed by atoms with van der Waals surface area (Å²) < 4.78 is 0. The molecule has 82 valence electrons. The second-order valence-corrected chi connectivity index (χ2v) is 4.23. The lowest BCUT2D eigenvalue weighted by molar-refractivity contribution is 0.653. The molecule has 1 aromatic carbocycles. The van der Waals surface area contributed by atoms with Crippen LogP contribution in [0.2, 0.25) is 0 Å². The predicted octanol–water partition coefficient (Wildman–Crippen LogP) is 3.06. The largest absolute Gasteiger partial charge is 0.307 e. The summed E-state index contributed by atoms with van der Waals surface area (Å²) in [4.78, 5) is 12.1. The van der Waals surface area contributed by atoms with Gasteiger partial charge in [0.2, 0.25) is 5.96 Å². The van der Waals surface area contributed by atoms with Crippen molar-refractivity contribution in [3.05, 3.63) is 36.5 Å². The molecule has 0 N–H and O–H groups in total. The van der Waals surface area contributed by atoms with Crippen LogP contribution in [0.25, 0.3) is 0 Å². The zero-order valence-electron chi connectivity index (χ0n) is 8.41. The Morgan fingerprint density at radius 2 is 2.12 bits per heavy atom. The van der Waals surface area contributed by atoms with E-state index in [0.717, 1.165) is 17.5 Å². The van der Waals surface area contributed by atoms with E-state index in [-0.39, 0.29) is 12.4 Å². The van der Waals surface area contributed by atoms with E-state index in [9.17, 15) is 0 Å². The second kappa shape index (κ2) is 4.72. The first-order valence-corrected chi connectivity index (χ1v) is 5.70. The van der Waals surface area contributed by atoms with E-state index in [2.05, 4.69) is 16.1 Å². The number of thioether (sulfide) groups is 1. The van der Waals surface area contributed by atoms with E-state index in [1.807, 2.05) is 35.4 Å². The monoisotopic (exact) mass is 251 g/mol. The van der Waals surface area contributed by atoms with Gasteiger partial charge in [-0.3, -0.25) is 0 Å². The molecule has 0 spiro atoms. The predicted molar refractivity (Wildman–Crippen MR) is 71.0 cm³/mol. The number of hydrogen-bond donors (Lipinski definition) is 0. The lowest BCUT2D eigenvalue weighted by atomic mass is 10.3. The molecule has 5 heteroatoms. The van der Waals surface area contributed by atoms with Crippen molar-refractivity contribution in [1.82, 2.24) is 4.90 Å². The molecule has 16 heavy (non-hydrogen) atoms. The first-order chi connectivity index (χ1) is 7.43. The first-order valence-electron chi connectivity index (χ1n) is 4.71. The molecule has 2 aliphatic rings. The molecular weight excluding hydrogens is 242 g/mol. The van der Waals surface area contributed by atoms with Crippen molar-refractivity contribution >= 4 is 42.0 Å². The Balaban J connectivity index is 0.000000963. The van der Waals surface area contributed by atoms with Crippen molar-refractivity contribution in [3.63, 3.8) is 0 Å². The van der Waals surface area contributed by atoms with Crippen LogP contribution in [0, 0.1) is 0 Å². The standard InChI is InChI=1S/C11H9N3S.ClH/c1-2-5-10-9(4-1)13-11-12-6-3-7-14(11)8-15-10;/h1-7H,8H2;1H. The van der Waals surface area contributed by atoms with Crippen LogP contribution >= 0.6 is 24.2 Å². The van der Waals surface area contributed by atoms with Gasteiger partial charge in [0.25, 0.3) is 0 Å². The van der Waals surface area contributed by atoms with Gasteiger partial charge in [-0.15, -0.1) is 24.2 Å². The minimum Gasteiger partial charge on any atom is -0.307 e. The molecule has 0 unspecified atom stereocenters. The minimum atomic E-state index is 0. The number of guanidine groups is 1. The highest BCUT2D eigenvalue weighted by Crippen LogP contribution is 2.33. The first kappa shape index (κ1) is 11.2. The molecule has 0 saturated heterocycles. The normalized spacial score (nSPS) is 16.8. The maximum absolute atomic E-state index is 4.53. The molecule has 0 aromatic heterocycles. The molecule has 0 fully saturated rings. The number of benzene rings is 1. The number of hydrogen-bond acceptors (Lipinski definition) is 4. The van der Waals surface area contributed by atoms with E-state index in [0.29, 0.717) is 0 Å². The number of fused-ring (bicyclic) bond motifs is 2. The topological polar surface area (TPSA) is 28.0 Å². The Morgan fingerprint density at radius 1 is 1.25 bits per heavy atom. The van der Waals surface area contributed by atoms with Gasteiger partial charge in [0.1, 0.15) is 0 Å². The van der Waals surface area contributed by atoms with E-state index >= 15 is 0 Å². The Kier molecular flexibility index (Phi) is 3.31. The van der Waals surface area contributed by atoms with Crippen molar-refractivity contribution in [3.8, 4) is 0 Å². The fourth-order valence-corrected chi connectivity index (χ4v) is 2.42. The van der Waals surface area contributed by atoms with Crippen LogP contribution in [-0.2, 0) is 0 Å². The molecule has 0 saturated carbocycles. The van der Waals surface area contributed by atoms with Crippen LogP contribution < -0.4 is 0 Å². The Labute approximate surface area is 104 Å². The van der Waals surface area contributed by atoms with Gasteiger partial charge in [0.05, 0.1) is 11.6 Å². The summed E-state index contributed by atoms with van der Waals surface area (Å²) in [5.74, 6) is 1.64. The van der Waals surface area contributed by atoms with Crippen LogP contribution in [0.1, 0.15) is 0 Å². The highest BCUT2D eigenvalue weighted by molar-refractivity contribution is 7.99. The third kappa shape index (κ3) is 1.99. The summed E-state index contributed by atoms with van der Waals surface area (Å²) in [7, 11) is 0. The Hall–Kier alpha value is -1.26. The molecule has 1 aromatic rings. The molecular formula is C11H10ClN3S. The third-order valence-electron chi connectivity index (χ3n) is 2.24. The number of nitrogens with zero attached hydrogens (tertiary/aromatic N) is 3. The van der Waals surface area contributed by atoms with Crippen molar-refractivity contribution in [2.45, 2.75) is 4.90 Å². The maximum Gasteiger partial charge on any atom is 0.230 e. The average Bonchev–Trinajstić information content (AvgIpc) is 2.48. The van der Waals surface area contributed by atoms with E-state index in [4.69, 9.17) is 0 Å². The quantitative estimate of drug-likeness (QED) is 0.709. The number of aliphatic imine (C=N–C) groups is 2. The van der Waals surface area contributed by atoms with Crippen molar-refractivity contribution in [1.29, 1.82) is 0 Å². The van der Waals surface area contributed by atoms with E-state index in [1.165, 1.54) is 4.90 Å². The number of allylic oxidation sites excluding steroid dienone is 1. The molecule has 3 nitrogen and oxygen atoms in total. The lowest BCUT2D eigenvalue weighted by Gasteiger charge is -2.17. The fourth-order valence-electron chi connectivity index (χ4n) is 1.51. The lowest BCUT2D eigenvalue weighted by Crippen LogP contribution is -2.24. The number of halogens is 1. The van der Waals surface area contributed by atoms with Crippen LogP contribution in [0.3, 0.4) is 0 Å². The molecule has 2 heterocycles. The van der Waals surface area contributed by atoms with Gasteiger partial charge in [-0.25, -0.2) is 9.98 Å². The third-order valence-corrected chi connectivity index (χ3v) is 3.31. The zero-order valence-corrected chi connectivity index (χ0v) is 10.0. The van der Waals surface area contributed by atoms with E-state index < -0.39 is 0 Å². The molecule has 0 radical (unpaired) electrons. The van der Waals surface area contributed by atoms with Crippen molar-refractivity contribution in [2.24, 2.45) is 9.98 Å². The van der Waals surface area contributed by atoms with Gasteiger partial charge < -0.3 is 4.90 Å². The van der Waals surface area contributed by atoms with Gasteiger partial charge in [-0.05, 0) is 18.2 Å². The van der Waals surface area contributed by atoms with Crippen LogP contribution in [-0.4, -0.2) is 23.0 Å². The van der Waals surface area contributed by atoms with Gasteiger partial charge in [0, 0.05) is 17.3 Å². The Morgan fingerprint density at radius 3 is 3.06 bits per heavy atom. The summed E-state index contributed by atoms with van der Waals surface area (Å²) in [6, 6.07) is 8.15. The highest BCUT2D eigenvalue weighted by atomic mass is 35.5. The molecule has 0 atom stereocenters. The van der Waals surface area contributed by atoms with Gasteiger partial charge in [0.15, 0.2) is 0 Å². The number of rotatable bonds is 0. The smallest absolute Gasteiger partial charge is 0.230 e. The second-order valence-electron chi connectivity index (χ2n) is 3.24. The molecule has 0 amide bonds. The molecule has 2 aliphatic heterocycles. The highest BCUT2D eigenvalue weighted by Gasteiger charge is 2.15. The van der Waals surface area contributed by atoms with Crippen LogP contribution in [0.4, 0.5) is 5.69 Å². The summed E-state index contributed by atoms with van der Waals surface area (Å²) in [6.45, 7) is 0. The zero-order chi connectivity index (χ0) is 10.1. The minimum absolute atomic E-state index is 0. The summed E-state index contributed by atoms with van der Waals surface area (Å²) in [5, 5.41) is 0. The summed E-state index contributed by atoms with van der Waals surface area (Å²) in [5.41, 5.74) is 1.01. The van der Waals surface area contributed by atoms with Gasteiger partial charge in [-0.1, -0.05) is 12.1 Å². The maximum atomic E-state index is 4.53. The SMILES string of the molecule is C1=CN2CSc3ccccc3N=C2N=C1.Cl. The van der Waals surface area contributed by atoms with Gasteiger partial charge in [-0.2, -0.15) is 0 Å². The summed E-state index contributed by atoms with van der Waals surface area (Å²) in [6.07, 6.45) is 5.70. The molecule has 0 bridgehead atoms. The Bertz CT molecular complexity index is 482. The number of para-hydroxylation sites is 1. The van der Waals surface area contributed by atoms with Crippen LogP contribution in [0.15, 0.2) is 51.4 Å².